The lowest BCUT2D eigenvalue weighted by molar-refractivity contribution is -0.125. The lowest BCUT2D eigenvalue weighted by Gasteiger charge is -2.16. The monoisotopic (exact) mass is 449 g/mol. The molecule has 2 N–H and O–H groups in total. The average molecular weight is 450 g/mol. The van der Waals surface area contributed by atoms with Gasteiger partial charge in [-0.15, -0.1) is 0 Å². The summed E-state index contributed by atoms with van der Waals surface area (Å²) < 4.78 is 5.76. The van der Waals surface area contributed by atoms with Gasteiger partial charge >= 0.3 is 0 Å². The van der Waals surface area contributed by atoms with Crippen molar-refractivity contribution in [3.63, 3.8) is 0 Å². The van der Waals surface area contributed by atoms with E-state index in [1.807, 2.05) is 60.3 Å². The van der Waals surface area contributed by atoms with Crippen molar-refractivity contribution >= 4 is 22.9 Å². The zero-order valence-electron chi connectivity index (χ0n) is 19.2. The Labute approximate surface area is 193 Å². The number of aromatic nitrogens is 4. The Hall–Kier alpha value is -3.46. The van der Waals surface area contributed by atoms with Crippen molar-refractivity contribution in [2.24, 2.45) is 0 Å². The van der Waals surface area contributed by atoms with Gasteiger partial charge in [-0.3, -0.25) is 4.79 Å². The molecular weight excluding hydrogens is 418 g/mol. The molecule has 3 aromatic rings. The number of fused-ring (bicyclic) bond motifs is 1. The minimum absolute atomic E-state index is 0.0498. The van der Waals surface area contributed by atoms with E-state index in [2.05, 4.69) is 20.3 Å². The minimum Gasteiger partial charge on any atom is -0.494 e. The third kappa shape index (κ3) is 6.29. The molecule has 0 spiro atoms. The number of likely N-dealkylation sites (tertiary alicyclic amines) is 1. The van der Waals surface area contributed by atoms with E-state index in [1.54, 1.807) is 6.08 Å². The number of imidazole rings is 1. The number of anilines is 1. The first-order valence-electron chi connectivity index (χ1n) is 11.3. The predicted molar refractivity (Wildman–Crippen MR) is 128 cm³/mol. The van der Waals surface area contributed by atoms with E-state index in [9.17, 15) is 4.79 Å². The normalized spacial score (nSPS) is 16.2. The van der Waals surface area contributed by atoms with Gasteiger partial charge in [0.05, 0.1) is 6.61 Å². The first kappa shape index (κ1) is 22.7. The number of carbonyl (C=O) groups is 1. The molecule has 0 aliphatic carbocycles. The molecule has 174 valence electrons. The number of hydrogen-bond donors (Lipinski definition) is 2. The van der Waals surface area contributed by atoms with Crippen LogP contribution >= 0.6 is 0 Å². The second-order valence-electron chi connectivity index (χ2n) is 8.45. The topological polar surface area (TPSA) is 99.3 Å². The number of benzene rings is 1. The van der Waals surface area contributed by atoms with Crippen LogP contribution in [0.5, 0.6) is 5.75 Å². The van der Waals surface area contributed by atoms with Crippen molar-refractivity contribution in [3.8, 4) is 5.75 Å². The number of H-pyrrole nitrogens is 1. The maximum atomic E-state index is 12.4. The third-order valence-corrected chi connectivity index (χ3v) is 5.47. The number of likely N-dealkylation sites (N-methyl/N-ethyl adjacent to an activating group) is 1. The minimum atomic E-state index is 0.0498. The number of rotatable bonds is 10. The van der Waals surface area contributed by atoms with Gasteiger partial charge in [-0.2, -0.15) is 0 Å². The van der Waals surface area contributed by atoms with Crippen LogP contribution in [-0.2, 0) is 11.2 Å². The Balaban J connectivity index is 1.31. The fraction of sp³-hybridized carbons (Fsp3) is 0.417. The van der Waals surface area contributed by atoms with Crippen LogP contribution in [0.25, 0.3) is 11.2 Å². The molecule has 1 amide bonds. The van der Waals surface area contributed by atoms with E-state index in [-0.39, 0.29) is 11.9 Å². The number of aromatic amines is 1. The van der Waals surface area contributed by atoms with Crippen LogP contribution in [-0.4, -0.2) is 82.0 Å². The number of nitrogens with one attached hydrogen (secondary N) is 2. The standard InChI is InChI=1S/C24H31N7O2/c1-30(2)13-6-11-21(32)31-14-12-18(16-31)27-23-22-24(26-17-25-23)29-20(28-22)10-7-15-33-19-8-4-3-5-9-19/h3-6,8-9,11,17-18H,7,10,12-16H2,1-2H3,(H2,25,26,27,28,29)/b11-6+. The van der Waals surface area contributed by atoms with Gasteiger partial charge in [0.15, 0.2) is 17.0 Å². The lowest BCUT2D eigenvalue weighted by Crippen LogP contribution is -2.30. The molecule has 0 radical (unpaired) electrons. The van der Waals surface area contributed by atoms with E-state index in [0.29, 0.717) is 24.6 Å². The molecule has 9 heteroatoms. The van der Waals surface area contributed by atoms with Crippen LogP contribution in [0.4, 0.5) is 5.82 Å². The van der Waals surface area contributed by atoms with E-state index < -0.39 is 0 Å². The Bertz CT molecular complexity index is 1080. The SMILES string of the molecule is CN(C)C/C=C/C(=O)N1CCC(Nc2ncnc3[nH]c(CCCOc4ccccc4)nc23)C1. The summed E-state index contributed by atoms with van der Waals surface area (Å²) in [5.74, 6) is 2.48. The van der Waals surface area contributed by atoms with Crippen molar-refractivity contribution < 1.29 is 9.53 Å². The van der Waals surface area contributed by atoms with Crippen LogP contribution in [0.3, 0.4) is 0 Å². The second kappa shape index (κ2) is 10.9. The third-order valence-electron chi connectivity index (χ3n) is 5.47. The summed E-state index contributed by atoms with van der Waals surface area (Å²) in [6, 6.07) is 9.93. The summed E-state index contributed by atoms with van der Waals surface area (Å²) in [5.41, 5.74) is 1.44. The largest absolute Gasteiger partial charge is 0.494 e. The molecule has 0 bridgehead atoms. The average Bonchev–Trinajstić information content (AvgIpc) is 3.45. The fourth-order valence-electron chi connectivity index (χ4n) is 3.79. The lowest BCUT2D eigenvalue weighted by atomic mass is 10.2. The number of para-hydroxylation sites is 1. The van der Waals surface area contributed by atoms with Crippen LogP contribution in [0.15, 0.2) is 48.8 Å². The molecule has 33 heavy (non-hydrogen) atoms. The van der Waals surface area contributed by atoms with Crippen molar-refractivity contribution in [2.75, 3.05) is 45.7 Å². The first-order valence-corrected chi connectivity index (χ1v) is 11.3. The Morgan fingerprint density at radius 1 is 1.30 bits per heavy atom. The molecule has 4 rings (SSSR count). The molecular formula is C24H31N7O2. The number of aryl methyl sites for hydroxylation is 1. The molecule has 1 aromatic carbocycles. The summed E-state index contributed by atoms with van der Waals surface area (Å²) in [5, 5.41) is 3.46. The summed E-state index contributed by atoms with van der Waals surface area (Å²) in [4.78, 5) is 33.0. The Morgan fingerprint density at radius 2 is 2.15 bits per heavy atom. The van der Waals surface area contributed by atoms with Crippen molar-refractivity contribution in [3.05, 3.63) is 54.6 Å². The molecule has 1 saturated heterocycles. The van der Waals surface area contributed by atoms with Gasteiger partial charge in [-0.25, -0.2) is 15.0 Å². The zero-order valence-corrected chi connectivity index (χ0v) is 19.2. The summed E-state index contributed by atoms with van der Waals surface area (Å²) in [6.07, 6.45) is 7.55. The first-order chi connectivity index (χ1) is 16.1. The fourth-order valence-corrected chi connectivity index (χ4v) is 3.79. The highest BCUT2D eigenvalue weighted by atomic mass is 16.5. The summed E-state index contributed by atoms with van der Waals surface area (Å²) in [6.45, 7) is 2.74. The van der Waals surface area contributed by atoms with Crippen molar-refractivity contribution in [1.29, 1.82) is 0 Å². The number of hydrogen-bond acceptors (Lipinski definition) is 7. The molecule has 9 nitrogen and oxygen atoms in total. The number of ether oxygens (including phenoxy) is 1. The van der Waals surface area contributed by atoms with E-state index in [1.165, 1.54) is 6.33 Å². The molecule has 1 aliphatic rings. The van der Waals surface area contributed by atoms with Crippen LogP contribution in [0.1, 0.15) is 18.7 Å². The zero-order chi connectivity index (χ0) is 23.0. The molecule has 0 saturated carbocycles. The van der Waals surface area contributed by atoms with Gasteiger partial charge in [0.2, 0.25) is 5.91 Å². The highest BCUT2D eigenvalue weighted by molar-refractivity contribution is 5.88. The Kier molecular flexibility index (Phi) is 7.51. The van der Waals surface area contributed by atoms with Crippen molar-refractivity contribution in [2.45, 2.75) is 25.3 Å². The highest BCUT2D eigenvalue weighted by Crippen LogP contribution is 2.21. The van der Waals surface area contributed by atoms with E-state index >= 15 is 0 Å². The molecule has 2 aromatic heterocycles. The summed E-state index contributed by atoms with van der Waals surface area (Å²) in [7, 11) is 3.96. The number of amides is 1. The Morgan fingerprint density at radius 3 is 2.97 bits per heavy atom. The van der Waals surface area contributed by atoms with Gasteiger partial charge in [-0.05, 0) is 39.1 Å². The van der Waals surface area contributed by atoms with Crippen LogP contribution in [0, 0.1) is 0 Å². The number of nitrogens with zero attached hydrogens (tertiary/aromatic N) is 5. The van der Waals surface area contributed by atoms with Gasteiger partial charge in [0.1, 0.15) is 17.9 Å². The maximum absolute atomic E-state index is 12.4. The smallest absolute Gasteiger partial charge is 0.246 e. The highest BCUT2D eigenvalue weighted by Gasteiger charge is 2.26. The summed E-state index contributed by atoms with van der Waals surface area (Å²) >= 11 is 0. The predicted octanol–water partition coefficient (Wildman–Crippen LogP) is 2.50. The van der Waals surface area contributed by atoms with E-state index in [4.69, 9.17) is 9.72 Å². The quantitative estimate of drug-likeness (QED) is 0.362. The number of carbonyl (C=O) groups excluding carboxylic acids is 1. The van der Waals surface area contributed by atoms with Gasteiger partial charge in [0, 0.05) is 38.2 Å². The van der Waals surface area contributed by atoms with Gasteiger partial charge in [-0.1, -0.05) is 24.3 Å². The van der Waals surface area contributed by atoms with Gasteiger partial charge in [0.25, 0.3) is 0 Å². The van der Waals surface area contributed by atoms with Crippen LogP contribution in [0.2, 0.25) is 0 Å². The van der Waals surface area contributed by atoms with E-state index in [0.717, 1.165) is 49.4 Å². The second-order valence-corrected chi connectivity index (χ2v) is 8.45. The molecule has 1 unspecified atom stereocenters. The molecule has 1 atom stereocenters. The molecule has 1 fully saturated rings. The van der Waals surface area contributed by atoms with Crippen LogP contribution < -0.4 is 10.1 Å². The molecule has 3 heterocycles. The molecule has 1 aliphatic heterocycles. The van der Waals surface area contributed by atoms with Crippen molar-refractivity contribution in [1.82, 2.24) is 29.7 Å². The van der Waals surface area contributed by atoms with Gasteiger partial charge < -0.3 is 24.8 Å². The maximum Gasteiger partial charge on any atom is 0.246 e.